The van der Waals surface area contributed by atoms with Crippen LogP contribution in [-0.4, -0.2) is 29.2 Å². The summed E-state index contributed by atoms with van der Waals surface area (Å²) >= 11 is 11.8. The van der Waals surface area contributed by atoms with Crippen LogP contribution in [-0.2, 0) is 9.53 Å². The van der Waals surface area contributed by atoms with E-state index in [1.165, 1.54) is 23.4 Å². The summed E-state index contributed by atoms with van der Waals surface area (Å²) in [5.41, 5.74) is 1.02. The van der Waals surface area contributed by atoms with Gasteiger partial charge in [-0.3, -0.25) is 4.79 Å². The third-order valence-electron chi connectivity index (χ3n) is 4.71. The minimum Gasteiger partial charge on any atom is -0.467 e. The number of benzene rings is 2. The Morgan fingerprint density at radius 1 is 1.13 bits per heavy atom. The lowest BCUT2D eigenvalue weighted by molar-refractivity contribution is -0.136. The van der Waals surface area contributed by atoms with E-state index in [-0.39, 0.29) is 5.02 Å². The van der Waals surface area contributed by atoms with Crippen LogP contribution in [0.1, 0.15) is 34.1 Å². The molecular weight excluding hydrogens is 446 g/mol. The van der Waals surface area contributed by atoms with Gasteiger partial charge in [0.25, 0.3) is 5.91 Å². The SMILES string of the molecule is O=C(OCC(=O)N1N=C(c2ccc(Cl)cc2)CC1c1ccco1)c1c(F)cccc1Cl. The topological polar surface area (TPSA) is 72.1 Å². The molecule has 2 heterocycles. The third kappa shape index (κ3) is 4.47. The van der Waals surface area contributed by atoms with Crippen molar-refractivity contribution >= 4 is 40.8 Å². The van der Waals surface area contributed by atoms with Crippen molar-refractivity contribution in [3.8, 4) is 0 Å². The third-order valence-corrected chi connectivity index (χ3v) is 5.28. The number of hydrogen-bond donors (Lipinski definition) is 0. The number of carbonyl (C=O) groups is 2. The number of furan rings is 1. The molecule has 1 aliphatic heterocycles. The summed E-state index contributed by atoms with van der Waals surface area (Å²) in [6.07, 6.45) is 1.90. The van der Waals surface area contributed by atoms with Crippen molar-refractivity contribution in [2.24, 2.45) is 5.10 Å². The van der Waals surface area contributed by atoms with Gasteiger partial charge in [-0.05, 0) is 42.0 Å². The van der Waals surface area contributed by atoms with Crippen LogP contribution in [0.2, 0.25) is 10.0 Å². The Hall–Kier alpha value is -3.16. The molecule has 0 N–H and O–H groups in total. The fourth-order valence-electron chi connectivity index (χ4n) is 3.22. The minimum atomic E-state index is -1.04. The van der Waals surface area contributed by atoms with Gasteiger partial charge in [-0.15, -0.1) is 0 Å². The smallest absolute Gasteiger partial charge is 0.343 e. The van der Waals surface area contributed by atoms with E-state index in [2.05, 4.69) is 5.10 Å². The first-order valence-corrected chi connectivity index (χ1v) is 9.99. The van der Waals surface area contributed by atoms with E-state index in [0.29, 0.717) is 22.9 Å². The second kappa shape index (κ2) is 8.91. The zero-order valence-corrected chi connectivity index (χ0v) is 17.4. The maximum Gasteiger partial charge on any atom is 0.343 e. The highest BCUT2D eigenvalue weighted by Gasteiger charge is 2.35. The first-order valence-electron chi connectivity index (χ1n) is 9.24. The number of rotatable bonds is 5. The molecule has 0 aliphatic carbocycles. The number of amides is 1. The average molecular weight is 461 g/mol. The number of ether oxygens (including phenoxy) is 1. The Labute approximate surface area is 186 Å². The van der Waals surface area contributed by atoms with Crippen molar-refractivity contribution in [1.82, 2.24) is 5.01 Å². The van der Waals surface area contributed by atoms with Crippen LogP contribution >= 0.6 is 23.2 Å². The van der Waals surface area contributed by atoms with Gasteiger partial charge >= 0.3 is 5.97 Å². The molecule has 9 heteroatoms. The first kappa shape index (κ1) is 21.1. The summed E-state index contributed by atoms with van der Waals surface area (Å²) in [4.78, 5) is 25.1. The van der Waals surface area contributed by atoms with Crippen molar-refractivity contribution < 1.29 is 23.1 Å². The fraction of sp³-hybridized carbons (Fsp3) is 0.136. The Balaban J connectivity index is 1.53. The second-order valence-electron chi connectivity index (χ2n) is 6.70. The molecule has 3 aromatic rings. The van der Waals surface area contributed by atoms with Gasteiger partial charge in [0.15, 0.2) is 6.61 Å². The molecule has 1 amide bonds. The molecule has 0 saturated heterocycles. The van der Waals surface area contributed by atoms with E-state index < -0.39 is 35.9 Å². The summed E-state index contributed by atoms with van der Waals surface area (Å²) in [6.45, 7) is -0.641. The molecule has 2 aromatic carbocycles. The molecule has 4 rings (SSSR count). The predicted molar refractivity (Wildman–Crippen MR) is 113 cm³/mol. The second-order valence-corrected chi connectivity index (χ2v) is 7.54. The highest BCUT2D eigenvalue weighted by Crippen LogP contribution is 2.33. The van der Waals surface area contributed by atoms with Gasteiger partial charge in [0.2, 0.25) is 0 Å². The Morgan fingerprint density at radius 3 is 2.58 bits per heavy atom. The highest BCUT2D eigenvalue weighted by atomic mass is 35.5. The van der Waals surface area contributed by atoms with Crippen LogP contribution in [0.3, 0.4) is 0 Å². The van der Waals surface area contributed by atoms with E-state index in [0.717, 1.165) is 11.6 Å². The van der Waals surface area contributed by atoms with Gasteiger partial charge in [-0.1, -0.05) is 41.4 Å². The highest BCUT2D eigenvalue weighted by molar-refractivity contribution is 6.33. The number of nitrogens with zero attached hydrogens (tertiary/aromatic N) is 2. The van der Waals surface area contributed by atoms with Gasteiger partial charge in [-0.25, -0.2) is 14.2 Å². The molecule has 158 valence electrons. The van der Waals surface area contributed by atoms with Crippen LogP contribution in [0.15, 0.2) is 70.4 Å². The molecular formula is C22H15Cl2FN2O4. The lowest BCUT2D eigenvalue weighted by atomic mass is 10.0. The molecule has 0 saturated carbocycles. The zero-order valence-electron chi connectivity index (χ0n) is 15.9. The van der Waals surface area contributed by atoms with Crippen molar-refractivity contribution in [3.63, 3.8) is 0 Å². The van der Waals surface area contributed by atoms with Crippen LogP contribution in [0.25, 0.3) is 0 Å². The number of halogens is 3. The number of hydrazone groups is 1. The molecule has 0 fully saturated rings. The molecule has 1 aliphatic rings. The van der Waals surface area contributed by atoms with Crippen LogP contribution < -0.4 is 0 Å². The Bertz CT molecular complexity index is 1130. The van der Waals surface area contributed by atoms with Crippen molar-refractivity contribution in [1.29, 1.82) is 0 Å². The molecule has 1 unspecified atom stereocenters. The van der Waals surface area contributed by atoms with E-state index in [4.69, 9.17) is 32.4 Å². The summed E-state index contributed by atoms with van der Waals surface area (Å²) < 4.78 is 24.4. The molecule has 0 radical (unpaired) electrons. The normalized spacial score (nSPS) is 15.6. The summed E-state index contributed by atoms with van der Waals surface area (Å²) in [7, 11) is 0. The fourth-order valence-corrected chi connectivity index (χ4v) is 3.58. The maximum absolute atomic E-state index is 13.9. The average Bonchev–Trinajstić information content (AvgIpc) is 3.42. The largest absolute Gasteiger partial charge is 0.467 e. The van der Waals surface area contributed by atoms with Crippen molar-refractivity contribution in [2.45, 2.75) is 12.5 Å². The van der Waals surface area contributed by atoms with Gasteiger partial charge in [0, 0.05) is 11.4 Å². The number of carbonyl (C=O) groups excluding carboxylic acids is 2. The minimum absolute atomic E-state index is 0.102. The quantitative estimate of drug-likeness (QED) is 0.486. The molecule has 31 heavy (non-hydrogen) atoms. The zero-order chi connectivity index (χ0) is 22.0. The van der Waals surface area contributed by atoms with Crippen LogP contribution in [0.5, 0.6) is 0 Å². The first-order chi connectivity index (χ1) is 14.9. The Kier molecular flexibility index (Phi) is 6.06. The van der Waals surface area contributed by atoms with E-state index in [1.807, 2.05) is 0 Å². The van der Waals surface area contributed by atoms with E-state index in [1.54, 1.807) is 36.4 Å². The Morgan fingerprint density at radius 2 is 1.90 bits per heavy atom. The number of esters is 1. The van der Waals surface area contributed by atoms with Gasteiger partial charge in [0.05, 0.1) is 17.0 Å². The lowest BCUT2D eigenvalue weighted by Gasteiger charge is -2.19. The summed E-state index contributed by atoms with van der Waals surface area (Å²) in [5.74, 6) is -1.93. The van der Waals surface area contributed by atoms with Gasteiger partial charge in [-0.2, -0.15) is 5.10 Å². The standard InChI is InChI=1S/C22H15Cl2FN2O4/c23-14-8-6-13(7-9-14)17-11-18(19-5-2-10-30-19)27(26-17)20(28)12-31-22(29)21-15(24)3-1-4-16(21)25/h1-10,18H,11-12H2. The predicted octanol–water partition coefficient (Wildman–Crippen LogP) is 5.26. The molecule has 1 aromatic heterocycles. The van der Waals surface area contributed by atoms with Gasteiger partial charge in [0.1, 0.15) is 23.2 Å². The van der Waals surface area contributed by atoms with Gasteiger partial charge < -0.3 is 9.15 Å². The summed E-state index contributed by atoms with van der Waals surface area (Å²) in [6, 6.07) is 13.8. The summed E-state index contributed by atoms with van der Waals surface area (Å²) in [5, 5.41) is 6.10. The number of hydrogen-bond acceptors (Lipinski definition) is 5. The van der Waals surface area contributed by atoms with Crippen molar-refractivity contribution in [2.75, 3.05) is 6.61 Å². The van der Waals surface area contributed by atoms with Crippen molar-refractivity contribution in [3.05, 3.63) is 93.6 Å². The molecule has 6 nitrogen and oxygen atoms in total. The lowest BCUT2D eigenvalue weighted by Crippen LogP contribution is -2.31. The van der Waals surface area contributed by atoms with E-state index in [9.17, 15) is 14.0 Å². The maximum atomic E-state index is 13.9. The van der Waals surface area contributed by atoms with Crippen LogP contribution in [0.4, 0.5) is 4.39 Å². The van der Waals surface area contributed by atoms with Crippen LogP contribution in [0, 0.1) is 5.82 Å². The van der Waals surface area contributed by atoms with E-state index >= 15 is 0 Å². The molecule has 0 spiro atoms. The monoisotopic (exact) mass is 460 g/mol. The molecule has 1 atom stereocenters. The molecule has 0 bridgehead atoms.